The van der Waals surface area contributed by atoms with E-state index >= 15 is 0 Å². The number of ether oxygens (including phenoxy) is 2. The third kappa shape index (κ3) is 5.46. The Hall–Kier alpha value is -3.05. The number of methoxy groups -OCH3 is 1. The van der Waals surface area contributed by atoms with Gasteiger partial charge >= 0.3 is 5.97 Å². The molecule has 35 heavy (non-hydrogen) atoms. The monoisotopic (exact) mass is 483 g/mol. The molecule has 0 saturated carbocycles. The van der Waals surface area contributed by atoms with E-state index in [0.29, 0.717) is 25.3 Å². The van der Waals surface area contributed by atoms with Crippen molar-refractivity contribution in [2.45, 2.75) is 32.1 Å². The zero-order chi connectivity index (χ0) is 25.1. The largest absolute Gasteiger partial charge is 0.480 e. The van der Waals surface area contributed by atoms with Gasteiger partial charge in [-0.1, -0.05) is 6.07 Å². The van der Waals surface area contributed by atoms with Crippen molar-refractivity contribution in [1.29, 1.82) is 0 Å². The lowest BCUT2D eigenvalue weighted by Gasteiger charge is -2.33. The molecule has 0 bridgehead atoms. The van der Waals surface area contributed by atoms with Crippen LogP contribution in [0, 0.1) is 6.92 Å². The van der Waals surface area contributed by atoms with Gasteiger partial charge in [0.1, 0.15) is 11.9 Å². The van der Waals surface area contributed by atoms with Crippen molar-refractivity contribution in [2.75, 3.05) is 40.5 Å². The summed E-state index contributed by atoms with van der Waals surface area (Å²) < 4.78 is 14.5. The first-order valence-corrected chi connectivity index (χ1v) is 11.7. The summed E-state index contributed by atoms with van der Waals surface area (Å²) in [4.78, 5) is 31.0. The molecule has 4 rings (SSSR count). The molecule has 2 atom stereocenters. The maximum atomic E-state index is 12.3. The van der Waals surface area contributed by atoms with Crippen molar-refractivity contribution in [1.82, 2.24) is 24.3 Å². The van der Waals surface area contributed by atoms with E-state index in [-0.39, 0.29) is 18.2 Å². The number of carbonyl (C=O) groups is 1. The first-order valence-electron chi connectivity index (χ1n) is 11.7. The van der Waals surface area contributed by atoms with Gasteiger partial charge < -0.3 is 23.7 Å². The van der Waals surface area contributed by atoms with E-state index in [1.54, 1.807) is 11.6 Å². The van der Waals surface area contributed by atoms with Crippen LogP contribution in [-0.2, 0) is 34.4 Å². The van der Waals surface area contributed by atoms with E-state index in [0.717, 1.165) is 41.1 Å². The smallest absolute Gasteiger partial charge is 0.323 e. The van der Waals surface area contributed by atoms with E-state index in [2.05, 4.69) is 21.8 Å². The number of hydrogen-bond donors (Lipinski definition) is 2. The highest BCUT2D eigenvalue weighted by atomic mass is 16.5. The molecule has 10 nitrogen and oxygen atoms in total. The lowest BCUT2D eigenvalue weighted by atomic mass is 10.1. The number of nitrogens with one attached hydrogen (secondary N) is 1. The molecule has 0 amide bonds. The maximum absolute atomic E-state index is 12.3. The average molecular weight is 484 g/mol. The Bertz CT molecular complexity index is 1240. The minimum absolute atomic E-state index is 0.0331. The molecule has 1 saturated heterocycles. The summed E-state index contributed by atoms with van der Waals surface area (Å²) in [6.45, 7) is 5.19. The Labute approximate surface area is 204 Å². The molecular formula is C25H33N5O5. The van der Waals surface area contributed by atoms with E-state index in [1.807, 2.05) is 37.4 Å². The van der Waals surface area contributed by atoms with Crippen LogP contribution in [0.3, 0.4) is 0 Å². The van der Waals surface area contributed by atoms with Crippen LogP contribution in [0.25, 0.3) is 22.4 Å². The molecule has 0 aliphatic carbocycles. The second-order valence-corrected chi connectivity index (χ2v) is 9.13. The second-order valence-electron chi connectivity index (χ2n) is 9.13. The van der Waals surface area contributed by atoms with Crippen LogP contribution < -0.4 is 10.9 Å². The average Bonchev–Trinajstić information content (AvgIpc) is 3.18. The molecule has 1 fully saturated rings. The van der Waals surface area contributed by atoms with Gasteiger partial charge in [-0.3, -0.25) is 19.8 Å². The van der Waals surface area contributed by atoms with Gasteiger partial charge in [-0.05, 0) is 37.7 Å². The van der Waals surface area contributed by atoms with Crippen molar-refractivity contribution < 1.29 is 19.4 Å². The molecule has 0 spiro atoms. The minimum Gasteiger partial charge on any atom is -0.480 e. The predicted octanol–water partition coefficient (Wildman–Crippen LogP) is 1.23. The topological polar surface area (TPSA) is 111 Å². The van der Waals surface area contributed by atoms with E-state index < -0.39 is 12.0 Å². The van der Waals surface area contributed by atoms with Gasteiger partial charge in [-0.15, -0.1) is 0 Å². The van der Waals surface area contributed by atoms with Crippen LogP contribution in [0.1, 0.15) is 11.1 Å². The molecule has 0 radical (unpaired) electrons. The van der Waals surface area contributed by atoms with Gasteiger partial charge in [-0.2, -0.15) is 0 Å². The van der Waals surface area contributed by atoms with Gasteiger partial charge in [0.2, 0.25) is 0 Å². The molecule has 3 heterocycles. The standard InChI is InChI=1S/C25H33N5O5/c1-16-9-18(12-29(3)24(16)31)23-27-20-10-17(11-26-21(15-34-4)25(32)33)5-6-22(20)30(23)13-19-14-35-8-7-28(19)2/h5-6,9-10,12,19,21,26H,7-8,11,13-15H2,1-4H3,(H,32,33)/t19?,21-/m0/s1. The molecule has 1 aromatic carbocycles. The quantitative estimate of drug-likeness (QED) is 0.468. The number of morpholine rings is 1. The number of imidazole rings is 1. The molecular weight excluding hydrogens is 450 g/mol. The van der Waals surface area contributed by atoms with Crippen molar-refractivity contribution in [3.63, 3.8) is 0 Å². The molecule has 1 unspecified atom stereocenters. The molecule has 2 aromatic heterocycles. The summed E-state index contributed by atoms with van der Waals surface area (Å²) in [6.07, 6.45) is 1.82. The Morgan fingerprint density at radius 2 is 2.14 bits per heavy atom. The van der Waals surface area contributed by atoms with Crippen LogP contribution in [0.5, 0.6) is 0 Å². The highest BCUT2D eigenvalue weighted by Gasteiger charge is 2.24. The van der Waals surface area contributed by atoms with Gasteiger partial charge in [-0.25, -0.2) is 4.98 Å². The number of fused-ring (bicyclic) bond motifs is 1. The highest BCUT2D eigenvalue weighted by Crippen LogP contribution is 2.27. The Kier molecular flexibility index (Phi) is 7.66. The van der Waals surface area contributed by atoms with Crippen LogP contribution >= 0.6 is 0 Å². The number of aliphatic carboxylic acids is 1. The number of pyridine rings is 1. The number of carboxylic acids is 1. The van der Waals surface area contributed by atoms with Crippen LogP contribution in [-0.4, -0.2) is 82.7 Å². The third-order valence-corrected chi connectivity index (χ3v) is 6.53. The summed E-state index contributed by atoms with van der Waals surface area (Å²) in [5, 5.41) is 12.4. The summed E-state index contributed by atoms with van der Waals surface area (Å²) in [7, 11) is 5.33. The lowest BCUT2D eigenvalue weighted by molar-refractivity contribution is -0.140. The first kappa shape index (κ1) is 25.1. The van der Waals surface area contributed by atoms with Gasteiger partial charge in [0.15, 0.2) is 0 Å². The van der Waals surface area contributed by atoms with Crippen LogP contribution in [0.4, 0.5) is 0 Å². The van der Waals surface area contributed by atoms with Crippen LogP contribution in [0.2, 0.25) is 0 Å². The van der Waals surface area contributed by atoms with Gasteiger partial charge in [0.05, 0.1) is 36.9 Å². The van der Waals surface area contributed by atoms with Gasteiger partial charge in [0, 0.05) is 51.1 Å². The highest BCUT2D eigenvalue weighted by molar-refractivity contribution is 5.81. The lowest BCUT2D eigenvalue weighted by Crippen LogP contribution is -2.45. The SMILES string of the molecule is COC[C@H](NCc1ccc2c(c1)nc(-c1cc(C)c(=O)n(C)c1)n2CC1COCCN1C)C(=O)O. The normalized spacial score (nSPS) is 17.7. The molecule has 188 valence electrons. The third-order valence-electron chi connectivity index (χ3n) is 6.53. The summed E-state index contributed by atoms with van der Waals surface area (Å²) in [6, 6.07) is 7.26. The Balaban J connectivity index is 1.73. The van der Waals surface area contributed by atoms with Crippen LogP contribution in [0.15, 0.2) is 35.3 Å². The molecule has 1 aliphatic heterocycles. The van der Waals surface area contributed by atoms with Crippen molar-refractivity contribution in [3.05, 3.63) is 51.9 Å². The second kappa shape index (κ2) is 10.7. The number of likely N-dealkylation sites (N-methyl/N-ethyl adjacent to an activating group) is 1. The summed E-state index contributed by atoms with van der Waals surface area (Å²) >= 11 is 0. The molecule has 1 aliphatic rings. The van der Waals surface area contributed by atoms with E-state index in [1.165, 1.54) is 7.11 Å². The Morgan fingerprint density at radius 1 is 1.34 bits per heavy atom. The number of rotatable bonds is 9. The number of aryl methyl sites for hydroxylation is 2. The van der Waals surface area contributed by atoms with E-state index in [4.69, 9.17) is 14.5 Å². The first-order chi connectivity index (χ1) is 16.8. The Morgan fingerprint density at radius 3 is 2.83 bits per heavy atom. The number of aromatic nitrogens is 3. The number of benzene rings is 1. The fraction of sp³-hybridized carbons (Fsp3) is 0.480. The fourth-order valence-corrected chi connectivity index (χ4v) is 4.46. The zero-order valence-corrected chi connectivity index (χ0v) is 20.7. The zero-order valence-electron chi connectivity index (χ0n) is 20.7. The summed E-state index contributed by atoms with van der Waals surface area (Å²) in [5.74, 6) is -0.172. The number of carboxylic acid groups (broad SMARTS) is 1. The minimum atomic E-state index is -0.955. The van der Waals surface area contributed by atoms with Crippen molar-refractivity contribution >= 4 is 17.0 Å². The number of hydrogen-bond acceptors (Lipinski definition) is 7. The molecule has 3 aromatic rings. The molecule has 10 heteroatoms. The predicted molar refractivity (Wildman–Crippen MR) is 133 cm³/mol. The van der Waals surface area contributed by atoms with Crippen molar-refractivity contribution in [2.24, 2.45) is 7.05 Å². The van der Waals surface area contributed by atoms with Crippen molar-refractivity contribution in [3.8, 4) is 11.4 Å². The van der Waals surface area contributed by atoms with Gasteiger partial charge in [0.25, 0.3) is 5.56 Å². The maximum Gasteiger partial charge on any atom is 0.323 e. The number of nitrogens with zero attached hydrogens (tertiary/aromatic N) is 4. The summed E-state index contributed by atoms with van der Waals surface area (Å²) in [5.41, 5.74) is 4.19. The van der Waals surface area contributed by atoms with E-state index in [9.17, 15) is 14.7 Å². The molecule has 2 N–H and O–H groups in total. The fourth-order valence-electron chi connectivity index (χ4n) is 4.46.